The quantitative estimate of drug-likeness (QED) is 0.835. The Hall–Kier alpha value is -2.21. The molecule has 1 atom stereocenters. The molecule has 2 heterocycles. The summed E-state index contributed by atoms with van der Waals surface area (Å²) >= 11 is 0. The number of rotatable bonds is 5. The highest BCUT2D eigenvalue weighted by Crippen LogP contribution is 2.21. The molecule has 0 bridgehead atoms. The first-order valence-electron chi connectivity index (χ1n) is 8.84. The van der Waals surface area contributed by atoms with Gasteiger partial charge in [-0.15, -0.1) is 0 Å². The van der Waals surface area contributed by atoms with Crippen molar-refractivity contribution < 1.29 is 14.1 Å². The maximum absolute atomic E-state index is 12.3. The maximum atomic E-state index is 12.3. The highest BCUT2D eigenvalue weighted by Gasteiger charge is 2.23. The smallest absolute Gasteiger partial charge is 0.227 e. The van der Waals surface area contributed by atoms with E-state index in [4.69, 9.17) is 9.26 Å². The summed E-state index contributed by atoms with van der Waals surface area (Å²) in [6.07, 6.45) is 0.832. The average Bonchev–Trinajstić information content (AvgIpc) is 3.09. The summed E-state index contributed by atoms with van der Waals surface area (Å²) in [7, 11) is 0. The lowest BCUT2D eigenvalue weighted by Crippen LogP contribution is -2.47. The van der Waals surface area contributed by atoms with E-state index in [1.54, 1.807) is 0 Å². The van der Waals surface area contributed by atoms with Crippen molar-refractivity contribution in [2.75, 3.05) is 19.8 Å². The first-order valence-corrected chi connectivity index (χ1v) is 8.84. The van der Waals surface area contributed by atoms with Gasteiger partial charge in [-0.25, -0.2) is 0 Å². The Bertz CT molecular complexity index is 709. The van der Waals surface area contributed by atoms with Gasteiger partial charge < -0.3 is 14.2 Å². The number of benzene rings is 1. The summed E-state index contributed by atoms with van der Waals surface area (Å²) in [5.41, 5.74) is 2.20. The molecule has 3 rings (SSSR count). The Morgan fingerprint density at radius 1 is 1.32 bits per heavy atom. The SMILES string of the molecule is CC(C)c1ccc(-c2noc(CCC(=O)N3CCOC[C@H]3C)n2)cc1. The summed E-state index contributed by atoms with van der Waals surface area (Å²) in [6, 6.07) is 8.30. The van der Waals surface area contributed by atoms with Crippen LogP contribution in [0.1, 0.15) is 44.6 Å². The molecule has 0 aliphatic carbocycles. The second kappa shape index (κ2) is 7.78. The summed E-state index contributed by atoms with van der Waals surface area (Å²) in [5.74, 6) is 1.66. The predicted octanol–water partition coefficient (Wildman–Crippen LogP) is 3.04. The van der Waals surface area contributed by atoms with E-state index in [1.165, 1.54) is 5.56 Å². The van der Waals surface area contributed by atoms with Crippen LogP contribution in [0.4, 0.5) is 0 Å². The molecular formula is C19H25N3O3. The highest BCUT2D eigenvalue weighted by molar-refractivity contribution is 5.76. The number of carbonyl (C=O) groups is 1. The van der Waals surface area contributed by atoms with E-state index in [0.717, 1.165) is 5.56 Å². The molecule has 1 aromatic carbocycles. The monoisotopic (exact) mass is 343 g/mol. The van der Waals surface area contributed by atoms with Crippen molar-refractivity contribution in [2.45, 2.75) is 45.6 Å². The molecule has 1 aliphatic rings. The number of hydrogen-bond acceptors (Lipinski definition) is 5. The van der Waals surface area contributed by atoms with Gasteiger partial charge in [-0.1, -0.05) is 43.3 Å². The van der Waals surface area contributed by atoms with Crippen molar-refractivity contribution in [3.63, 3.8) is 0 Å². The van der Waals surface area contributed by atoms with Gasteiger partial charge in [-0.3, -0.25) is 4.79 Å². The first-order chi connectivity index (χ1) is 12.0. The molecule has 1 aliphatic heterocycles. The zero-order valence-electron chi connectivity index (χ0n) is 15.1. The van der Waals surface area contributed by atoms with Crippen LogP contribution in [-0.2, 0) is 16.0 Å². The zero-order valence-corrected chi connectivity index (χ0v) is 15.1. The van der Waals surface area contributed by atoms with Crippen molar-refractivity contribution >= 4 is 5.91 Å². The number of hydrogen-bond donors (Lipinski definition) is 0. The van der Waals surface area contributed by atoms with E-state index in [1.807, 2.05) is 24.0 Å². The van der Waals surface area contributed by atoms with Crippen LogP contribution in [0.25, 0.3) is 11.4 Å². The lowest BCUT2D eigenvalue weighted by atomic mass is 10.0. The molecular weight excluding hydrogens is 318 g/mol. The molecule has 6 heteroatoms. The predicted molar refractivity (Wildman–Crippen MR) is 94.1 cm³/mol. The molecule has 0 radical (unpaired) electrons. The van der Waals surface area contributed by atoms with Crippen molar-refractivity contribution in [1.82, 2.24) is 15.0 Å². The fourth-order valence-corrected chi connectivity index (χ4v) is 2.95. The molecule has 1 fully saturated rings. The van der Waals surface area contributed by atoms with E-state index >= 15 is 0 Å². The normalized spacial score (nSPS) is 17.9. The topological polar surface area (TPSA) is 68.5 Å². The Morgan fingerprint density at radius 3 is 2.76 bits per heavy atom. The first kappa shape index (κ1) is 17.6. The van der Waals surface area contributed by atoms with Crippen LogP contribution in [0.2, 0.25) is 0 Å². The highest BCUT2D eigenvalue weighted by atomic mass is 16.5. The zero-order chi connectivity index (χ0) is 17.8. The average molecular weight is 343 g/mol. The van der Waals surface area contributed by atoms with Crippen molar-refractivity contribution in [1.29, 1.82) is 0 Å². The number of aryl methyl sites for hydroxylation is 1. The van der Waals surface area contributed by atoms with E-state index in [9.17, 15) is 4.79 Å². The van der Waals surface area contributed by atoms with Crippen LogP contribution < -0.4 is 0 Å². The fourth-order valence-electron chi connectivity index (χ4n) is 2.95. The molecule has 1 amide bonds. The molecule has 134 valence electrons. The van der Waals surface area contributed by atoms with Gasteiger partial charge >= 0.3 is 0 Å². The minimum absolute atomic E-state index is 0.108. The van der Waals surface area contributed by atoms with Crippen LogP contribution >= 0.6 is 0 Å². The van der Waals surface area contributed by atoms with Crippen molar-refractivity contribution in [3.8, 4) is 11.4 Å². The Labute approximate surface area is 148 Å². The van der Waals surface area contributed by atoms with E-state index in [2.05, 4.69) is 36.1 Å². The Balaban J connectivity index is 1.59. The molecule has 1 saturated heterocycles. The Morgan fingerprint density at radius 2 is 2.08 bits per heavy atom. The van der Waals surface area contributed by atoms with Gasteiger partial charge in [0, 0.05) is 24.9 Å². The van der Waals surface area contributed by atoms with Crippen molar-refractivity contribution in [2.24, 2.45) is 0 Å². The van der Waals surface area contributed by atoms with Crippen LogP contribution in [0.3, 0.4) is 0 Å². The van der Waals surface area contributed by atoms with Gasteiger partial charge in [0.1, 0.15) is 0 Å². The summed E-state index contributed by atoms with van der Waals surface area (Å²) in [4.78, 5) is 18.6. The largest absolute Gasteiger partial charge is 0.377 e. The number of ether oxygens (including phenoxy) is 1. The third kappa shape index (κ3) is 4.25. The number of aromatic nitrogens is 2. The van der Waals surface area contributed by atoms with Crippen LogP contribution in [0.5, 0.6) is 0 Å². The van der Waals surface area contributed by atoms with Gasteiger partial charge in [0.15, 0.2) is 0 Å². The number of morpholine rings is 1. The van der Waals surface area contributed by atoms with Gasteiger partial charge in [-0.2, -0.15) is 4.98 Å². The van der Waals surface area contributed by atoms with E-state index < -0.39 is 0 Å². The molecule has 2 aromatic rings. The molecule has 0 N–H and O–H groups in total. The van der Waals surface area contributed by atoms with Gasteiger partial charge in [0.25, 0.3) is 0 Å². The summed E-state index contributed by atoms with van der Waals surface area (Å²) in [6.45, 7) is 8.18. The fraction of sp³-hybridized carbons (Fsp3) is 0.526. The molecule has 0 unspecified atom stereocenters. The van der Waals surface area contributed by atoms with Gasteiger partial charge in [0.05, 0.1) is 19.3 Å². The molecule has 6 nitrogen and oxygen atoms in total. The maximum Gasteiger partial charge on any atom is 0.227 e. The molecule has 25 heavy (non-hydrogen) atoms. The third-order valence-electron chi connectivity index (χ3n) is 4.54. The van der Waals surface area contributed by atoms with Crippen LogP contribution in [-0.4, -0.2) is 46.7 Å². The van der Waals surface area contributed by atoms with E-state index in [0.29, 0.717) is 50.2 Å². The summed E-state index contributed by atoms with van der Waals surface area (Å²) in [5, 5.41) is 4.04. The van der Waals surface area contributed by atoms with Gasteiger partial charge in [-0.05, 0) is 18.4 Å². The Kier molecular flexibility index (Phi) is 5.48. The lowest BCUT2D eigenvalue weighted by molar-refractivity contribution is -0.139. The molecule has 1 aromatic heterocycles. The van der Waals surface area contributed by atoms with Crippen molar-refractivity contribution in [3.05, 3.63) is 35.7 Å². The standard InChI is InChI=1S/C19H25N3O3/c1-13(2)15-4-6-16(7-5-15)19-20-17(25-21-19)8-9-18(23)22-10-11-24-12-14(22)3/h4-7,13-14H,8-12H2,1-3H3/t14-/m1/s1. The number of nitrogens with zero attached hydrogens (tertiary/aromatic N) is 3. The molecule has 0 spiro atoms. The number of carbonyl (C=O) groups excluding carboxylic acids is 1. The minimum Gasteiger partial charge on any atom is -0.377 e. The second-order valence-corrected chi connectivity index (χ2v) is 6.80. The second-order valence-electron chi connectivity index (χ2n) is 6.80. The number of amides is 1. The minimum atomic E-state index is 0.108. The molecule has 0 saturated carbocycles. The van der Waals surface area contributed by atoms with E-state index in [-0.39, 0.29) is 11.9 Å². The van der Waals surface area contributed by atoms with Crippen LogP contribution in [0, 0.1) is 0 Å². The lowest BCUT2D eigenvalue weighted by Gasteiger charge is -2.33. The van der Waals surface area contributed by atoms with Crippen LogP contribution in [0.15, 0.2) is 28.8 Å². The van der Waals surface area contributed by atoms with Gasteiger partial charge in [0.2, 0.25) is 17.6 Å². The third-order valence-corrected chi connectivity index (χ3v) is 4.54. The summed E-state index contributed by atoms with van der Waals surface area (Å²) < 4.78 is 10.7.